The molecule has 8 heterocycles. The van der Waals surface area contributed by atoms with E-state index in [1.165, 1.54) is 0 Å². The molecule has 2 aromatic heterocycles. The molecule has 6 aliphatic heterocycles. The molecule has 0 aliphatic carbocycles. The van der Waals surface area contributed by atoms with Crippen LogP contribution in [0.25, 0.3) is 21.5 Å². The summed E-state index contributed by atoms with van der Waals surface area (Å²) in [5.74, 6) is 4.80. The molecule has 0 atom stereocenters. The number of ketones is 1. The first-order valence-electron chi connectivity index (χ1n) is 23.0. The molecule has 0 saturated heterocycles. The van der Waals surface area contributed by atoms with E-state index in [0.29, 0.717) is 13.0 Å². The molecular weight excluding hydrogens is 849 g/mol. The average molecular weight is 903 g/mol. The van der Waals surface area contributed by atoms with E-state index in [1.54, 1.807) is 6.92 Å². The van der Waals surface area contributed by atoms with Gasteiger partial charge in [-0.3, -0.25) is 0 Å². The number of aliphatic imine (C=N–C) groups is 2. The number of amidine groups is 4. The first-order valence-corrected chi connectivity index (χ1v) is 31.8. The SMILES string of the molecule is CC(=O)CCCCNCCC[Si](C)(C)O[Si-2]123(O[Si](C)(C)CCCN)n4c5c6ccccc6c4N=C4c6ccccc6C(=[N+]41)N=c1c4ccccc4c(n12)=NC1=[N+]3C(=N5)c2ccccc21. The fourth-order valence-corrected chi connectivity index (χ4v) is 34.5. The fraction of sp³-hybridized carbons (Fsp3) is 0.312. The number of rotatable bonds is 16. The number of fused-ring (bicyclic) bond motifs is 12. The standard InChI is InChI=1S/C48H54N10O3Si3/c1-32(59)18-14-15-28-50-29-17-31-63(4,5)61-64(60-62(2,3)30-16-27-49)55-41-33-19-6-7-20-34(33)42(55)52-44-37-23-10-11-24-38(37)46(57(44)64)54-48-40-26-13-12-25-39(40)47(58(48)64)53-45-36-22-9-8-21-35(36)43(51-41)56(45)64/h6-13,19-26,50H,14-18,27-31,49H2,1-5H3. The molecule has 6 aromatic rings. The summed E-state index contributed by atoms with van der Waals surface area (Å²) >= 11 is 0. The number of hydrogen-bond acceptors (Lipinski definition) is 9. The van der Waals surface area contributed by atoms with E-state index < -0.39 is 24.4 Å². The summed E-state index contributed by atoms with van der Waals surface area (Å²) in [6, 6.07) is 35.8. The second kappa shape index (κ2) is 13.2. The van der Waals surface area contributed by atoms with Crippen LogP contribution in [0, 0.1) is 0 Å². The molecule has 64 heavy (non-hydrogen) atoms. The third-order valence-electron chi connectivity index (χ3n) is 14.4. The van der Waals surface area contributed by atoms with Crippen LogP contribution >= 0.6 is 0 Å². The fourth-order valence-electron chi connectivity index (χ4n) is 12.2. The van der Waals surface area contributed by atoms with E-state index >= 15 is 0 Å². The molecular formula is C48H54N10O3Si3. The number of nitrogens with one attached hydrogen (secondary N) is 1. The van der Waals surface area contributed by atoms with Crippen molar-refractivity contribution in [2.75, 3.05) is 19.6 Å². The van der Waals surface area contributed by atoms with Gasteiger partial charge in [-0.25, -0.2) is 0 Å². The predicted molar refractivity (Wildman–Crippen MR) is 259 cm³/mol. The Kier molecular flexibility index (Phi) is 8.27. The minimum absolute atomic E-state index is 0.244. The summed E-state index contributed by atoms with van der Waals surface area (Å²) < 4.78 is 27.9. The van der Waals surface area contributed by atoms with Gasteiger partial charge in [0.15, 0.2) is 0 Å². The van der Waals surface area contributed by atoms with E-state index in [2.05, 4.69) is 146 Å². The second-order valence-electron chi connectivity index (χ2n) is 19.6. The number of nitrogens with zero attached hydrogens (tertiary/aromatic N) is 8. The van der Waals surface area contributed by atoms with E-state index in [-0.39, 0.29) is 5.78 Å². The molecule has 0 unspecified atom stereocenters. The zero-order valence-electron chi connectivity index (χ0n) is 37.2. The number of unbranched alkanes of at least 4 members (excludes halogenated alkanes) is 1. The topological polar surface area (TPSA) is 139 Å². The second-order valence-corrected chi connectivity index (χ2v) is 33.9. The van der Waals surface area contributed by atoms with Crippen molar-refractivity contribution >= 4 is 86.7 Å². The van der Waals surface area contributed by atoms with Crippen molar-refractivity contribution in [3.8, 4) is 0 Å². The Morgan fingerprint density at radius 2 is 1.06 bits per heavy atom. The van der Waals surface area contributed by atoms with Gasteiger partial charge in [0.2, 0.25) is 0 Å². The number of nitrogens with two attached hydrogens (primary N) is 1. The molecule has 0 saturated carbocycles. The van der Waals surface area contributed by atoms with Crippen LogP contribution in [0.5, 0.6) is 0 Å². The molecule has 1 spiro atoms. The zero-order valence-corrected chi connectivity index (χ0v) is 40.2. The molecule has 4 aromatic carbocycles. The number of carbonyl (C=O) groups excluding carboxylic acids is 1. The quantitative estimate of drug-likeness (QED) is 0.0809. The van der Waals surface area contributed by atoms with Crippen molar-refractivity contribution in [2.45, 2.75) is 77.3 Å². The van der Waals surface area contributed by atoms with Crippen molar-refractivity contribution < 1.29 is 21.5 Å². The van der Waals surface area contributed by atoms with Gasteiger partial charge in [0, 0.05) is 0 Å². The maximum absolute atomic E-state index is 11.6. The molecule has 0 fully saturated rings. The van der Waals surface area contributed by atoms with E-state index in [4.69, 9.17) is 33.9 Å². The van der Waals surface area contributed by atoms with Crippen LogP contribution in [0.4, 0.5) is 11.6 Å². The van der Waals surface area contributed by atoms with Crippen LogP contribution in [-0.4, -0.2) is 90.1 Å². The van der Waals surface area contributed by atoms with E-state index in [1.807, 2.05) is 0 Å². The Morgan fingerprint density at radius 1 is 0.609 bits per heavy atom. The summed E-state index contributed by atoms with van der Waals surface area (Å²) in [5.41, 5.74) is 11.9. The minimum atomic E-state index is -6.66. The monoisotopic (exact) mass is 902 g/mol. The van der Waals surface area contributed by atoms with Gasteiger partial charge in [0.1, 0.15) is 0 Å². The molecule has 13 nitrogen and oxygen atoms in total. The number of benzene rings is 4. The Labute approximate surface area is 373 Å². The predicted octanol–water partition coefficient (Wildman–Crippen LogP) is 6.86. The third-order valence-corrected chi connectivity index (χ3v) is 31.0. The van der Waals surface area contributed by atoms with Gasteiger partial charge < -0.3 is 0 Å². The van der Waals surface area contributed by atoms with Crippen LogP contribution in [0.1, 0.15) is 61.3 Å². The summed E-state index contributed by atoms with van der Waals surface area (Å²) in [4.78, 5) is 34.9. The molecule has 0 bridgehead atoms. The summed E-state index contributed by atoms with van der Waals surface area (Å²) in [7, 11) is -12.6. The van der Waals surface area contributed by atoms with Crippen molar-refractivity contribution in [1.29, 1.82) is 0 Å². The normalized spacial score (nSPS) is 19.3. The molecule has 6 aliphatic rings. The van der Waals surface area contributed by atoms with Gasteiger partial charge in [0.25, 0.3) is 0 Å². The van der Waals surface area contributed by atoms with Crippen LogP contribution < -0.4 is 22.0 Å². The average Bonchev–Trinajstić information content (AvgIpc) is 4.00. The van der Waals surface area contributed by atoms with E-state index in [9.17, 15) is 4.79 Å². The van der Waals surface area contributed by atoms with Crippen LogP contribution in [0.3, 0.4) is 0 Å². The number of Topliss-reactive ketones (excluding diaryl/α,β-unsaturated/α-hetero) is 1. The molecule has 0 amide bonds. The Bertz CT molecular complexity index is 3220. The van der Waals surface area contributed by atoms with Gasteiger partial charge in [-0.05, 0) is 0 Å². The van der Waals surface area contributed by atoms with Gasteiger partial charge in [-0.1, -0.05) is 0 Å². The summed E-state index contributed by atoms with van der Waals surface area (Å²) in [5, 5.41) is 7.61. The first kappa shape index (κ1) is 40.0. The van der Waals surface area contributed by atoms with E-state index in [0.717, 1.165) is 141 Å². The Morgan fingerprint density at radius 3 is 1.56 bits per heavy atom. The first-order chi connectivity index (χ1) is 30.9. The van der Waals surface area contributed by atoms with Gasteiger partial charge >= 0.3 is 375 Å². The van der Waals surface area contributed by atoms with Gasteiger partial charge in [-0.2, -0.15) is 0 Å². The molecule has 326 valence electrons. The van der Waals surface area contributed by atoms with Crippen molar-refractivity contribution in [3.05, 3.63) is 130 Å². The third kappa shape index (κ3) is 4.73. The molecule has 16 heteroatoms. The summed E-state index contributed by atoms with van der Waals surface area (Å²) in [6.45, 7) is 13.3. The van der Waals surface area contributed by atoms with Crippen LogP contribution in [-0.2, 0) is 13.0 Å². The molecule has 12 rings (SSSR count). The van der Waals surface area contributed by atoms with Crippen LogP contribution in [0.15, 0.2) is 117 Å². The molecule has 0 radical (unpaired) electrons. The number of aromatic nitrogens is 2. The van der Waals surface area contributed by atoms with Crippen molar-refractivity contribution in [2.24, 2.45) is 25.7 Å². The summed E-state index contributed by atoms with van der Waals surface area (Å²) in [6.07, 6.45) is 4.17. The number of carbonyl (C=O) groups is 1. The van der Waals surface area contributed by atoms with Gasteiger partial charge in [0.05, 0.1) is 0 Å². The Hall–Kier alpha value is -5.60. The van der Waals surface area contributed by atoms with Crippen LogP contribution in [0.2, 0.25) is 38.3 Å². The maximum atomic E-state index is 11.6. The van der Waals surface area contributed by atoms with Gasteiger partial charge in [-0.15, -0.1) is 0 Å². The zero-order chi connectivity index (χ0) is 43.9. The van der Waals surface area contributed by atoms with Crippen molar-refractivity contribution in [3.63, 3.8) is 0 Å². The number of hydrogen-bond donors (Lipinski definition) is 2. The van der Waals surface area contributed by atoms with Crippen molar-refractivity contribution in [1.82, 2.24) is 13.8 Å². The molecule has 3 N–H and O–H groups in total. The Balaban J connectivity index is 1.28.